The van der Waals surface area contributed by atoms with Crippen LogP contribution in [0.1, 0.15) is 23.2 Å². The highest BCUT2D eigenvalue weighted by molar-refractivity contribution is 7.15. The third-order valence-electron chi connectivity index (χ3n) is 3.95. The van der Waals surface area contributed by atoms with Gasteiger partial charge in [-0.05, 0) is 13.8 Å². The Bertz CT molecular complexity index is 751. The highest BCUT2D eigenvalue weighted by atomic mass is 32.1. The van der Waals surface area contributed by atoms with E-state index < -0.39 is 0 Å². The van der Waals surface area contributed by atoms with Crippen LogP contribution in [0.15, 0.2) is 0 Å². The molecule has 0 amide bonds. The van der Waals surface area contributed by atoms with Crippen LogP contribution in [0.2, 0.25) is 0 Å². The molecule has 124 valence electrons. The van der Waals surface area contributed by atoms with Crippen LogP contribution in [0, 0.1) is 17.0 Å². The number of thiazole rings is 1. The Morgan fingerprint density at radius 3 is 2.78 bits per heavy atom. The SMILES string of the molecule is CCn1nc(C)c([N+](=O)[O-])c1N1CCc2nc(N(C)C)sc2C1. The van der Waals surface area contributed by atoms with Crippen molar-refractivity contribution >= 4 is 28.0 Å². The number of aryl methyl sites for hydroxylation is 2. The molecule has 8 nitrogen and oxygen atoms in total. The van der Waals surface area contributed by atoms with E-state index in [0.717, 1.165) is 23.8 Å². The van der Waals surface area contributed by atoms with Gasteiger partial charge in [-0.1, -0.05) is 11.3 Å². The maximum absolute atomic E-state index is 11.5. The van der Waals surface area contributed by atoms with Gasteiger partial charge in [-0.25, -0.2) is 9.67 Å². The molecule has 0 bridgehead atoms. The lowest BCUT2D eigenvalue weighted by molar-refractivity contribution is -0.384. The van der Waals surface area contributed by atoms with Gasteiger partial charge in [0.2, 0.25) is 5.82 Å². The fourth-order valence-electron chi connectivity index (χ4n) is 2.86. The Hall–Kier alpha value is -2.16. The lowest BCUT2D eigenvalue weighted by Gasteiger charge is -2.27. The lowest BCUT2D eigenvalue weighted by atomic mass is 10.1. The van der Waals surface area contributed by atoms with Crippen molar-refractivity contribution in [3.8, 4) is 0 Å². The molecule has 3 heterocycles. The summed E-state index contributed by atoms with van der Waals surface area (Å²) in [5.41, 5.74) is 1.69. The molecule has 2 aromatic rings. The van der Waals surface area contributed by atoms with E-state index in [0.29, 0.717) is 24.6 Å². The molecule has 0 aliphatic carbocycles. The molecule has 23 heavy (non-hydrogen) atoms. The van der Waals surface area contributed by atoms with E-state index in [1.807, 2.05) is 25.9 Å². The van der Waals surface area contributed by atoms with Crippen molar-refractivity contribution in [3.05, 3.63) is 26.4 Å². The van der Waals surface area contributed by atoms with E-state index >= 15 is 0 Å². The van der Waals surface area contributed by atoms with Gasteiger partial charge in [0, 0.05) is 38.5 Å². The average molecular weight is 336 g/mol. The van der Waals surface area contributed by atoms with Crippen molar-refractivity contribution in [1.82, 2.24) is 14.8 Å². The summed E-state index contributed by atoms with van der Waals surface area (Å²) >= 11 is 1.65. The highest BCUT2D eigenvalue weighted by Crippen LogP contribution is 2.37. The van der Waals surface area contributed by atoms with Gasteiger partial charge in [-0.2, -0.15) is 5.10 Å². The zero-order valence-corrected chi connectivity index (χ0v) is 14.6. The first kappa shape index (κ1) is 15.7. The van der Waals surface area contributed by atoms with Gasteiger partial charge in [0.15, 0.2) is 5.13 Å². The van der Waals surface area contributed by atoms with Crippen LogP contribution in [0.25, 0.3) is 0 Å². The van der Waals surface area contributed by atoms with Gasteiger partial charge in [-0.15, -0.1) is 0 Å². The molecule has 0 radical (unpaired) electrons. The van der Waals surface area contributed by atoms with Crippen molar-refractivity contribution in [2.45, 2.75) is 33.4 Å². The number of rotatable bonds is 4. The molecule has 0 spiro atoms. The molecule has 1 aliphatic heterocycles. The third kappa shape index (κ3) is 2.65. The van der Waals surface area contributed by atoms with Gasteiger partial charge in [0.25, 0.3) is 0 Å². The average Bonchev–Trinajstić information content (AvgIpc) is 3.06. The quantitative estimate of drug-likeness (QED) is 0.629. The summed E-state index contributed by atoms with van der Waals surface area (Å²) in [5.74, 6) is 0.612. The van der Waals surface area contributed by atoms with Crippen LogP contribution in [0.5, 0.6) is 0 Å². The molecule has 1 aliphatic rings. The molecule has 0 fully saturated rings. The van der Waals surface area contributed by atoms with Gasteiger partial charge in [0.1, 0.15) is 5.69 Å². The summed E-state index contributed by atoms with van der Waals surface area (Å²) in [6.07, 6.45) is 0.796. The second-order valence-corrected chi connectivity index (χ2v) is 6.82. The van der Waals surface area contributed by atoms with Gasteiger partial charge >= 0.3 is 5.69 Å². The number of fused-ring (bicyclic) bond motifs is 1. The standard InChI is InChI=1S/C14H20N6O2S/c1-5-19-13(12(20(21)22)9(2)16-19)18-7-6-10-11(8-18)23-14(15-10)17(3)4/h5-8H2,1-4H3. The number of nitrogens with zero attached hydrogens (tertiary/aromatic N) is 6. The summed E-state index contributed by atoms with van der Waals surface area (Å²) in [6, 6.07) is 0. The first-order valence-electron chi connectivity index (χ1n) is 7.55. The summed E-state index contributed by atoms with van der Waals surface area (Å²) in [6.45, 7) is 5.62. The van der Waals surface area contributed by atoms with Crippen molar-refractivity contribution in [1.29, 1.82) is 0 Å². The molecule has 3 rings (SSSR count). The van der Waals surface area contributed by atoms with E-state index in [1.54, 1.807) is 22.9 Å². The minimum Gasteiger partial charge on any atom is -0.354 e. The summed E-state index contributed by atoms with van der Waals surface area (Å²) < 4.78 is 1.73. The third-order valence-corrected chi connectivity index (χ3v) is 5.20. The number of hydrogen-bond acceptors (Lipinski definition) is 7. The molecule has 0 N–H and O–H groups in total. The monoisotopic (exact) mass is 336 g/mol. The Morgan fingerprint density at radius 1 is 1.43 bits per heavy atom. The smallest absolute Gasteiger partial charge is 0.333 e. The molecular formula is C14H20N6O2S. The number of nitro groups is 1. The molecular weight excluding hydrogens is 316 g/mol. The second-order valence-electron chi connectivity index (χ2n) is 5.76. The fraction of sp³-hybridized carbons (Fsp3) is 0.571. The largest absolute Gasteiger partial charge is 0.354 e. The minimum absolute atomic E-state index is 0.118. The number of anilines is 2. The van der Waals surface area contributed by atoms with E-state index in [1.165, 1.54) is 4.88 Å². The number of hydrogen-bond donors (Lipinski definition) is 0. The molecule has 9 heteroatoms. The molecule has 0 saturated carbocycles. The molecule has 0 atom stereocenters. The van der Waals surface area contributed by atoms with Crippen LogP contribution in [0.4, 0.5) is 16.6 Å². The van der Waals surface area contributed by atoms with E-state index in [4.69, 9.17) is 0 Å². The molecule has 0 aromatic carbocycles. The normalized spacial score (nSPS) is 14.0. The molecule has 0 unspecified atom stereocenters. The Morgan fingerprint density at radius 2 is 2.17 bits per heavy atom. The summed E-state index contributed by atoms with van der Waals surface area (Å²) in [4.78, 5) is 21.0. The van der Waals surface area contributed by atoms with Crippen molar-refractivity contribution in [2.24, 2.45) is 0 Å². The van der Waals surface area contributed by atoms with Gasteiger partial charge in [0.05, 0.1) is 17.2 Å². The zero-order chi connectivity index (χ0) is 16.7. The molecule has 2 aromatic heterocycles. The van der Waals surface area contributed by atoms with Gasteiger partial charge in [-0.3, -0.25) is 10.1 Å². The maximum atomic E-state index is 11.5. The van der Waals surface area contributed by atoms with Crippen molar-refractivity contribution in [2.75, 3.05) is 30.4 Å². The lowest BCUT2D eigenvalue weighted by Crippen LogP contribution is -2.32. The van der Waals surface area contributed by atoms with Crippen LogP contribution < -0.4 is 9.80 Å². The summed E-state index contributed by atoms with van der Waals surface area (Å²) in [5, 5.41) is 16.8. The topological polar surface area (TPSA) is 80.3 Å². The van der Waals surface area contributed by atoms with Crippen LogP contribution >= 0.6 is 11.3 Å². The Balaban J connectivity index is 1.99. The number of aromatic nitrogens is 3. The maximum Gasteiger partial charge on any atom is 0.333 e. The van der Waals surface area contributed by atoms with Crippen LogP contribution in [0.3, 0.4) is 0 Å². The van der Waals surface area contributed by atoms with E-state index in [9.17, 15) is 10.1 Å². The van der Waals surface area contributed by atoms with Crippen molar-refractivity contribution < 1.29 is 4.92 Å². The van der Waals surface area contributed by atoms with Crippen LogP contribution in [-0.2, 0) is 19.5 Å². The van der Waals surface area contributed by atoms with Crippen molar-refractivity contribution in [3.63, 3.8) is 0 Å². The fourth-order valence-corrected chi connectivity index (χ4v) is 3.91. The summed E-state index contributed by atoms with van der Waals surface area (Å²) in [7, 11) is 3.95. The highest BCUT2D eigenvalue weighted by Gasteiger charge is 2.32. The van der Waals surface area contributed by atoms with E-state index in [-0.39, 0.29) is 10.6 Å². The predicted octanol–water partition coefficient (Wildman–Crippen LogP) is 2.20. The second kappa shape index (κ2) is 5.80. The van der Waals surface area contributed by atoms with Gasteiger partial charge < -0.3 is 9.80 Å². The molecule has 0 saturated heterocycles. The predicted molar refractivity (Wildman–Crippen MR) is 90.5 cm³/mol. The Labute approximate surface area is 138 Å². The first-order valence-corrected chi connectivity index (χ1v) is 8.36. The van der Waals surface area contributed by atoms with E-state index in [2.05, 4.69) is 15.0 Å². The first-order chi connectivity index (χ1) is 10.9. The Kier molecular flexibility index (Phi) is 3.97. The minimum atomic E-state index is -0.322. The van der Waals surface area contributed by atoms with Crippen LogP contribution in [-0.4, -0.2) is 40.3 Å². The zero-order valence-electron chi connectivity index (χ0n) is 13.7.